The van der Waals surface area contributed by atoms with Crippen molar-refractivity contribution in [3.05, 3.63) is 18.5 Å². The van der Waals surface area contributed by atoms with E-state index in [2.05, 4.69) is 20.3 Å². The van der Waals surface area contributed by atoms with Crippen molar-refractivity contribution in [3.63, 3.8) is 0 Å². The van der Waals surface area contributed by atoms with Crippen LogP contribution in [-0.4, -0.2) is 38.3 Å². The monoisotopic (exact) mass is 254 g/mol. The number of carbonyl (C=O) groups is 1. The van der Waals surface area contributed by atoms with Gasteiger partial charge >= 0.3 is 0 Å². The van der Waals surface area contributed by atoms with Gasteiger partial charge in [-0.15, -0.1) is 0 Å². The standard InChI is InChI=1S/C9H10N4OS2/c14-7(6-16-9-12-4-5-15-9)13-8-10-2-1-3-11-8/h1-3H,4-6H2,(H,10,11,13,14). The average Bonchev–Trinajstić information content (AvgIpc) is 2.81. The van der Waals surface area contributed by atoms with Gasteiger partial charge in [-0.05, 0) is 6.07 Å². The zero-order valence-corrected chi connectivity index (χ0v) is 10.1. The molecule has 5 nitrogen and oxygen atoms in total. The Morgan fingerprint density at radius 3 is 3.00 bits per heavy atom. The fraction of sp³-hybridized carbons (Fsp3) is 0.333. The summed E-state index contributed by atoms with van der Waals surface area (Å²) < 4.78 is 0.990. The van der Waals surface area contributed by atoms with Gasteiger partial charge in [-0.3, -0.25) is 15.1 Å². The molecule has 1 aliphatic heterocycles. The molecule has 0 radical (unpaired) electrons. The van der Waals surface area contributed by atoms with Crippen molar-refractivity contribution >= 4 is 39.8 Å². The Morgan fingerprint density at radius 1 is 1.50 bits per heavy atom. The van der Waals surface area contributed by atoms with Gasteiger partial charge in [0.2, 0.25) is 11.9 Å². The van der Waals surface area contributed by atoms with Crippen LogP contribution < -0.4 is 5.32 Å². The van der Waals surface area contributed by atoms with E-state index >= 15 is 0 Å². The molecule has 1 aromatic heterocycles. The zero-order valence-electron chi connectivity index (χ0n) is 8.42. The second-order valence-electron chi connectivity index (χ2n) is 2.91. The molecule has 0 aliphatic carbocycles. The fourth-order valence-electron chi connectivity index (χ4n) is 1.05. The third-order valence-corrected chi connectivity index (χ3v) is 3.95. The number of rotatable bonds is 3. The van der Waals surface area contributed by atoms with Crippen LogP contribution in [0.15, 0.2) is 23.5 Å². The van der Waals surface area contributed by atoms with E-state index < -0.39 is 0 Å². The van der Waals surface area contributed by atoms with Gasteiger partial charge in [0.05, 0.1) is 12.3 Å². The first-order valence-corrected chi connectivity index (χ1v) is 6.68. The third kappa shape index (κ3) is 3.49. The van der Waals surface area contributed by atoms with Gasteiger partial charge in [0.25, 0.3) is 0 Å². The van der Waals surface area contributed by atoms with Crippen LogP contribution in [-0.2, 0) is 4.79 Å². The molecule has 1 N–H and O–H groups in total. The lowest BCUT2D eigenvalue weighted by Gasteiger charge is -2.02. The maximum absolute atomic E-state index is 11.5. The number of anilines is 1. The fourth-order valence-corrected chi connectivity index (χ4v) is 2.86. The highest BCUT2D eigenvalue weighted by atomic mass is 32.2. The lowest BCUT2D eigenvalue weighted by atomic mass is 10.6. The lowest BCUT2D eigenvalue weighted by Crippen LogP contribution is -2.16. The Bertz CT molecular complexity index is 396. The first kappa shape index (κ1) is 11.4. The number of amides is 1. The zero-order chi connectivity index (χ0) is 11.2. The van der Waals surface area contributed by atoms with Crippen molar-refractivity contribution in [3.8, 4) is 0 Å². The Balaban J connectivity index is 1.76. The summed E-state index contributed by atoms with van der Waals surface area (Å²) >= 11 is 3.15. The molecular weight excluding hydrogens is 244 g/mol. The van der Waals surface area contributed by atoms with Gasteiger partial charge in [0, 0.05) is 18.1 Å². The number of nitrogens with one attached hydrogen (secondary N) is 1. The van der Waals surface area contributed by atoms with Gasteiger partial charge in [-0.25, -0.2) is 9.97 Å². The second kappa shape index (κ2) is 5.86. The van der Waals surface area contributed by atoms with Crippen LogP contribution in [0.1, 0.15) is 0 Å². The smallest absolute Gasteiger partial charge is 0.237 e. The molecule has 0 spiro atoms. The maximum atomic E-state index is 11.5. The molecular formula is C9H10N4OS2. The van der Waals surface area contributed by atoms with E-state index in [0.29, 0.717) is 11.7 Å². The molecule has 1 aromatic rings. The molecule has 84 valence electrons. The van der Waals surface area contributed by atoms with E-state index in [1.165, 1.54) is 11.8 Å². The Kier molecular flexibility index (Phi) is 4.17. The van der Waals surface area contributed by atoms with Crippen molar-refractivity contribution in [1.29, 1.82) is 0 Å². The number of carbonyl (C=O) groups excluding carboxylic acids is 1. The summed E-state index contributed by atoms with van der Waals surface area (Å²) in [7, 11) is 0. The minimum atomic E-state index is -0.105. The number of nitrogens with zero attached hydrogens (tertiary/aromatic N) is 3. The quantitative estimate of drug-likeness (QED) is 0.879. The van der Waals surface area contributed by atoms with Crippen molar-refractivity contribution in [2.75, 3.05) is 23.4 Å². The van der Waals surface area contributed by atoms with Crippen LogP contribution in [0.4, 0.5) is 5.95 Å². The van der Waals surface area contributed by atoms with Crippen molar-refractivity contribution in [2.45, 2.75) is 0 Å². The van der Waals surface area contributed by atoms with Gasteiger partial charge in [-0.1, -0.05) is 23.5 Å². The van der Waals surface area contributed by atoms with Gasteiger partial charge in [0.1, 0.15) is 4.38 Å². The maximum Gasteiger partial charge on any atom is 0.237 e. The van der Waals surface area contributed by atoms with Gasteiger partial charge in [-0.2, -0.15) is 0 Å². The largest absolute Gasteiger partial charge is 0.294 e. The molecule has 2 heterocycles. The van der Waals surface area contributed by atoms with Crippen molar-refractivity contribution in [1.82, 2.24) is 9.97 Å². The van der Waals surface area contributed by atoms with Crippen LogP contribution in [0.3, 0.4) is 0 Å². The van der Waals surface area contributed by atoms with Crippen LogP contribution in [0.5, 0.6) is 0 Å². The summed E-state index contributed by atoms with van der Waals surface area (Å²) in [6.45, 7) is 0.858. The van der Waals surface area contributed by atoms with E-state index in [-0.39, 0.29) is 5.91 Å². The molecule has 0 atom stereocenters. The summed E-state index contributed by atoms with van der Waals surface area (Å²) in [5.41, 5.74) is 0. The van der Waals surface area contributed by atoms with E-state index in [0.717, 1.165) is 16.7 Å². The minimum absolute atomic E-state index is 0.105. The van der Waals surface area contributed by atoms with E-state index in [4.69, 9.17) is 0 Å². The molecule has 1 aliphatic rings. The van der Waals surface area contributed by atoms with Crippen molar-refractivity contribution in [2.24, 2.45) is 4.99 Å². The summed E-state index contributed by atoms with van der Waals surface area (Å²) in [4.78, 5) is 23.6. The first-order chi connectivity index (χ1) is 7.84. The van der Waals surface area contributed by atoms with E-state index in [1.807, 2.05) is 0 Å². The number of aliphatic imine (C=N–C) groups is 1. The molecule has 1 amide bonds. The van der Waals surface area contributed by atoms with Gasteiger partial charge in [0.15, 0.2) is 0 Å². The molecule has 0 bridgehead atoms. The van der Waals surface area contributed by atoms with E-state index in [9.17, 15) is 4.79 Å². The minimum Gasteiger partial charge on any atom is -0.294 e. The molecule has 0 saturated carbocycles. The summed E-state index contributed by atoms with van der Waals surface area (Å²) in [6.07, 6.45) is 3.18. The lowest BCUT2D eigenvalue weighted by molar-refractivity contribution is -0.113. The number of thioether (sulfide) groups is 2. The third-order valence-electron chi connectivity index (χ3n) is 1.70. The SMILES string of the molecule is O=C(CSC1=NCCS1)Nc1ncccn1. The molecule has 0 saturated heterocycles. The molecule has 16 heavy (non-hydrogen) atoms. The molecule has 0 unspecified atom stereocenters. The highest BCUT2D eigenvalue weighted by Crippen LogP contribution is 2.21. The van der Waals surface area contributed by atoms with Crippen molar-refractivity contribution < 1.29 is 4.79 Å². The van der Waals surface area contributed by atoms with E-state index in [1.54, 1.807) is 30.2 Å². The average molecular weight is 254 g/mol. The Morgan fingerprint density at radius 2 is 2.31 bits per heavy atom. The summed E-state index contributed by atoms with van der Waals surface area (Å²) in [5.74, 6) is 1.61. The second-order valence-corrected chi connectivity index (χ2v) is 5.21. The Hall–Kier alpha value is -1.08. The molecule has 0 aromatic carbocycles. The Labute approximate surface area is 102 Å². The predicted octanol–water partition coefficient (Wildman–Crippen LogP) is 1.25. The van der Waals surface area contributed by atoms with Crippen LogP contribution in [0.25, 0.3) is 0 Å². The summed E-state index contributed by atoms with van der Waals surface area (Å²) in [5, 5.41) is 2.62. The van der Waals surface area contributed by atoms with Gasteiger partial charge < -0.3 is 0 Å². The topological polar surface area (TPSA) is 67.2 Å². The first-order valence-electron chi connectivity index (χ1n) is 4.71. The van der Waals surface area contributed by atoms with Crippen LogP contribution in [0, 0.1) is 0 Å². The summed E-state index contributed by atoms with van der Waals surface area (Å²) in [6, 6.07) is 1.70. The number of hydrogen-bond acceptors (Lipinski definition) is 6. The van der Waals surface area contributed by atoms with Crippen LogP contribution in [0.2, 0.25) is 0 Å². The predicted molar refractivity (Wildman–Crippen MR) is 67.9 cm³/mol. The molecule has 7 heteroatoms. The number of aromatic nitrogens is 2. The normalized spacial score (nSPS) is 14.6. The van der Waals surface area contributed by atoms with Crippen LogP contribution >= 0.6 is 23.5 Å². The molecule has 2 rings (SSSR count). The molecule has 0 fully saturated rings. The highest BCUT2D eigenvalue weighted by Gasteiger charge is 2.10. The number of hydrogen-bond donors (Lipinski definition) is 1. The highest BCUT2D eigenvalue weighted by molar-refractivity contribution is 8.39.